The van der Waals surface area contributed by atoms with Crippen molar-refractivity contribution in [3.05, 3.63) is 71.9 Å². The number of nitrogens with zero attached hydrogens (tertiary/aromatic N) is 4. The molecule has 9 heteroatoms. The zero-order valence-electron chi connectivity index (χ0n) is 16.1. The summed E-state index contributed by atoms with van der Waals surface area (Å²) in [5, 5.41) is 7.66. The molecular weight excluding hydrogens is 398 g/mol. The first-order valence-electron chi connectivity index (χ1n) is 9.70. The number of aromatic nitrogens is 3. The zero-order valence-corrected chi connectivity index (χ0v) is 16.1. The van der Waals surface area contributed by atoms with Crippen molar-refractivity contribution in [1.82, 2.24) is 20.1 Å². The number of halogens is 4. The maximum absolute atomic E-state index is 13.8. The quantitative estimate of drug-likeness (QED) is 0.631. The van der Waals surface area contributed by atoms with Crippen molar-refractivity contribution in [2.24, 2.45) is 0 Å². The van der Waals surface area contributed by atoms with E-state index in [0.717, 1.165) is 42.9 Å². The molecule has 1 saturated heterocycles. The Labute approximate surface area is 171 Å². The number of nitrogens with one attached hydrogen (secondary N) is 1. The Kier molecular flexibility index (Phi) is 5.72. The maximum Gasteiger partial charge on any atom is 0.417 e. The summed E-state index contributed by atoms with van der Waals surface area (Å²) in [6, 6.07) is 8.96. The summed E-state index contributed by atoms with van der Waals surface area (Å²) >= 11 is 0. The molecule has 1 N–H and O–H groups in total. The molecule has 0 aliphatic carbocycles. The van der Waals surface area contributed by atoms with Crippen LogP contribution in [0.4, 0.5) is 23.4 Å². The minimum atomic E-state index is -4.39. The van der Waals surface area contributed by atoms with E-state index in [4.69, 9.17) is 0 Å². The molecule has 0 amide bonds. The van der Waals surface area contributed by atoms with Gasteiger partial charge in [0, 0.05) is 44.3 Å². The molecule has 1 aliphatic heterocycles. The van der Waals surface area contributed by atoms with Gasteiger partial charge >= 0.3 is 6.18 Å². The van der Waals surface area contributed by atoms with E-state index < -0.39 is 11.7 Å². The van der Waals surface area contributed by atoms with E-state index in [1.54, 1.807) is 29.2 Å². The number of benzene rings is 1. The van der Waals surface area contributed by atoms with Gasteiger partial charge < -0.3 is 10.2 Å². The van der Waals surface area contributed by atoms with E-state index in [1.165, 1.54) is 18.2 Å². The lowest BCUT2D eigenvalue weighted by molar-refractivity contribution is -0.137. The van der Waals surface area contributed by atoms with Gasteiger partial charge in [-0.05, 0) is 54.8 Å². The van der Waals surface area contributed by atoms with Gasteiger partial charge in [0.05, 0.1) is 11.3 Å². The fraction of sp³-hybridized carbons (Fsp3) is 0.333. The molecule has 3 aromatic rings. The SMILES string of the molecule is Fc1ccc(-n2cccn2)c(CNC2CCCN(c3ccc(C(F)(F)F)cn3)C2)c1. The third kappa shape index (κ3) is 4.62. The minimum Gasteiger partial charge on any atom is -0.355 e. The number of hydrogen-bond donors (Lipinski definition) is 1. The van der Waals surface area contributed by atoms with Crippen LogP contribution in [0, 0.1) is 5.82 Å². The van der Waals surface area contributed by atoms with Crippen LogP contribution in [-0.2, 0) is 12.7 Å². The third-order valence-corrected chi connectivity index (χ3v) is 5.19. The normalized spacial score (nSPS) is 17.3. The highest BCUT2D eigenvalue weighted by atomic mass is 19.4. The minimum absolute atomic E-state index is 0.108. The molecule has 2 aromatic heterocycles. The lowest BCUT2D eigenvalue weighted by atomic mass is 10.0. The fourth-order valence-electron chi connectivity index (χ4n) is 3.68. The number of alkyl halides is 3. The van der Waals surface area contributed by atoms with E-state index in [9.17, 15) is 17.6 Å². The molecule has 158 valence electrons. The molecular formula is C21H21F4N5. The van der Waals surface area contributed by atoms with Gasteiger partial charge in [-0.1, -0.05) is 0 Å². The van der Waals surface area contributed by atoms with E-state index >= 15 is 0 Å². The molecule has 4 rings (SSSR count). The van der Waals surface area contributed by atoms with Gasteiger partial charge in [-0.3, -0.25) is 0 Å². The summed E-state index contributed by atoms with van der Waals surface area (Å²) in [4.78, 5) is 5.97. The lowest BCUT2D eigenvalue weighted by Gasteiger charge is -2.34. The summed E-state index contributed by atoms with van der Waals surface area (Å²) in [6.45, 7) is 1.80. The lowest BCUT2D eigenvalue weighted by Crippen LogP contribution is -2.45. The second kappa shape index (κ2) is 8.43. The molecule has 0 saturated carbocycles. The molecule has 1 atom stereocenters. The van der Waals surface area contributed by atoms with Gasteiger partial charge in [0.2, 0.25) is 0 Å². The maximum atomic E-state index is 13.8. The summed E-state index contributed by atoms with van der Waals surface area (Å²) in [5.74, 6) is 0.208. The first kappa shape index (κ1) is 20.3. The average Bonchev–Trinajstić information content (AvgIpc) is 3.27. The molecule has 0 bridgehead atoms. The van der Waals surface area contributed by atoms with Crippen molar-refractivity contribution >= 4 is 5.82 Å². The number of pyridine rings is 1. The monoisotopic (exact) mass is 419 g/mol. The fourth-order valence-corrected chi connectivity index (χ4v) is 3.68. The van der Waals surface area contributed by atoms with Gasteiger partial charge in [-0.15, -0.1) is 0 Å². The van der Waals surface area contributed by atoms with E-state index in [0.29, 0.717) is 18.9 Å². The smallest absolute Gasteiger partial charge is 0.355 e. The van der Waals surface area contributed by atoms with Crippen LogP contribution in [-0.4, -0.2) is 33.9 Å². The molecule has 0 radical (unpaired) electrons. The number of rotatable bonds is 5. The van der Waals surface area contributed by atoms with Crippen molar-refractivity contribution in [1.29, 1.82) is 0 Å². The predicted molar refractivity (Wildman–Crippen MR) is 105 cm³/mol. The molecule has 30 heavy (non-hydrogen) atoms. The molecule has 5 nitrogen and oxygen atoms in total. The van der Waals surface area contributed by atoms with Crippen LogP contribution in [0.5, 0.6) is 0 Å². The number of anilines is 1. The first-order valence-corrected chi connectivity index (χ1v) is 9.70. The Bertz CT molecular complexity index is 970. The third-order valence-electron chi connectivity index (χ3n) is 5.19. The van der Waals surface area contributed by atoms with Crippen LogP contribution >= 0.6 is 0 Å². The summed E-state index contributed by atoms with van der Waals surface area (Å²) in [5.41, 5.74) is 0.824. The Morgan fingerprint density at radius 3 is 2.73 bits per heavy atom. The highest BCUT2D eigenvalue weighted by molar-refractivity contribution is 5.42. The van der Waals surface area contributed by atoms with Crippen LogP contribution in [0.25, 0.3) is 5.69 Å². The standard InChI is InChI=1S/C21H21F4N5/c22-17-5-6-19(30-10-2-8-28-30)15(11-17)12-26-18-3-1-9-29(14-18)20-7-4-16(13-27-20)21(23,24)25/h2,4-8,10-11,13,18,26H,1,3,9,12,14H2. The van der Waals surface area contributed by atoms with Gasteiger partial charge in [-0.25, -0.2) is 14.1 Å². The second-order valence-electron chi connectivity index (χ2n) is 7.29. The van der Waals surface area contributed by atoms with E-state index in [-0.39, 0.29) is 11.9 Å². The van der Waals surface area contributed by atoms with Gasteiger partial charge in [0.1, 0.15) is 11.6 Å². The van der Waals surface area contributed by atoms with Crippen LogP contribution in [0.2, 0.25) is 0 Å². The Hall–Kier alpha value is -2.94. The largest absolute Gasteiger partial charge is 0.417 e. The molecule has 1 aliphatic rings. The van der Waals surface area contributed by atoms with E-state index in [2.05, 4.69) is 15.4 Å². The Morgan fingerprint density at radius 1 is 1.17 bits per heavy atom. The van der Waals surface area contributed by atoms with Crippen molar-refractivity contribution < 1.29 is 17.6 Å². The van der Waals surface area contributed by atoms with Gasteiger partial charge in [0.25, 0.3) is 0 Å². The second-order valence-corrected chi connectivity index (χ2v) is 7.29. The molecule has 3 heterocycles. The van der Waals surface area contributed by atoms with Crippen molar-refractivity contribution in [2.75, 3.05) is 18.0 Å². The molecule has 1 fully saturated rings. The Morgan fingerprint density at radius 2 is 2.03 bits per heavy atom. The van der Waals surface area contributed by atoms with Crippen LogP contribution in [0.1, 0.15) is 24.0 Å². The summed E-state index contributed by atoms with van der Waals surface area (Å²) in [7, 11) is 0. The molecule has 0 spiro atoms. The first-order chi connectivity index (χ1) is 14.4. The van der Waals surface area contributed by atoms with Crippen molar-refractivity contribution in [3.8, 4) is 5.69 Å². The predicted octanol–water partition coefficient (Wildman–Crippen LogP) is 4.18. The number of hydrogen-bond acceptors (Lipinski definition) is 4. The molecule has 1 unspecified atom stereocenters. The highest BCUT2D eigenvalue weighted by Gasteiger charge is 2.31. The van der Waals surface area contributed by atoms with E-state index in [1.807, 2.05) is 4.90 Å². The zero-order chi connectivity index (χ0) is 21.1. The van der Waals surface area contributed by atoms with Crippen LogP contribution < -0.4 is 10.2 Å². The highest BCUT2D eigenvalue weighted by Crippen LogP contribution is 2.30. The van der Waals surface area contributed by atoms with Crippen LogP contribution in [0.3, 0.4) is 0 Å². The van der Waals surface area contributed by atoms with Crippen molar-refractivity contribution in [2.45, 2.75) is 31.6 Å². The van der Waals surface area contributed by atoms with Gasteiger partial charge in [-0.2, -0.15) is 18.3 Å². The summed E-state index contributed by atoms with van der Waals surface area (Å²) < 4.78 is 53.7. The average molecular weight is 419 g/mol. The topological polar surface area (TPSA) is 46.0 Å². The van der Waals surface area contributed by atoms with Crippen LogP contribution in [0.15, 0.2) is 55.0 Å². The van der Waals surface area contributed by atoms with Crippen molar-refractivity contribution in [3.63, 3.8) is 0 Å². The number of piperidine rings is 1. The Balaban J connectivity index is 1.42. The summed E-state index contributed by atoms with van der Waals surface area (Å²) in [6.07, 6.45) is 1.75. The van der Waals surface area contributed by atoms with Gasteiger partial charge in [0.15, 0.2) is 0 Å². The molecule has 1 aromatic carbocycles.